The fourth-order valence-electron chi connectivity index (χ4n) is 5.13. The van der Waals surface area contributed by atoms with Gasteiger partial charge in [-0.25, -0.2) is 9.59 Å². The zero-order chi connectivity index (χ0) is 44.7. The molecule has 64 heavy (non-hydrogen) atoms. The van der Waals surface area contributed by atoms with Gasteiger partial charge in [-0.05, 0) is 100 Å². The quantitative estimate of drug-likeness (QED) is 0.0170. The first kappa shape index (κ1) is 66.5. The van der Waals surface area contributed by atoms with Gasteiger partial charge in [-0.2, -0.15) is 0 Å². The van der Waals surface area contributed by atoms with Gasteiger partial charge in [-0.3, -0.25) is 19.2 Å². The number of unbranched alkanes of at least 4 members (excludes halogenated alkanes) is 2. The molecule has 0 radical (unpaired) electrons. The van der Waals surface area contributed by atoms with Crippen molar-refractivity contribution in [3.63, 3.8) is 0 Å². The number of carbonyl (C=O) groups is 6. The molecule has 2 rings (SSSR count). The van der Waals surface area contributed by atoms with Crippen molar-refractivity contribution in [1.29, 1.82) is 0 Å². The normalized spacial score (nSPS) is 10.8. The van der Waals surface area contributed by atoms with E-state index >= 15 is 0 Å². The molecule has 2 aromatic carbocycles. The summed E-state index contributed by atoms with van der Waals surface area (Å²) in [5.74, 6) is -3.16. The zero-order valence-corrected chi connectivity index (χ0v) is 39.6. The molecule has 0 heterocycles. The lowest BCUT2D eigenvalue weighted by atomic mass is 10.0. The lowest BCUT2D eigenvalue weighted by Crippen LogP contribution is -3.00. The second-order valence-electron chi connectivity index (χ2n) is 13.8. The van der Waals surface area contributed by atoms with Crippen LogP contribution in [0.4, 0.5) is 0 Å². The fourth-order valence-corrected chi connectivity index (χ4v) is 5.13. The van der Waals surface area contributed by atoms with Crippen LogP contribution in [0.15, 0.2) is 36.4 Å². The SMILES string of the molecule is CCCCOC(=O)C(Cc1ccc(O)c(O)c1)NC(=O)CCCN.CCCCOC(=O)C(Cc1ccc(OC(=O)CCCN)c(OC(=O)CCCN)c1)NC(=O)CCCN.[Cl-].[Cl-].[Cl-].[Cl-]. The van der Waals surface area contributed by atoms with Gasteiger partial charge >= 0.3 is 23.9 Å². The molecule has 0 spiro atoms. The Morgan fingerprint density at radius 3 is 1.33 bits per heavy atom. The van der Waals surface area contributed by atoms with Gasteiger partial charge in [-0.1, -0.05) is 38.8 Å². The second-order valence-corrected chi connectivity index (χ2v) is 13.8. The number of amides is 2. The Hall–Kier alpha value is -4.14. The van der Waals surface area contributed by atoms with E-state index in [9.17, 15) is 39.0 Å². The minimum Gasteiger partial charge on any atom is -1.00 e. The van der Waals surface area contributed by atoms with Gasteiger partial charge in [0.1, 0.15) is 12.1 Å². The molecule has 2 amide bonds. The Morgan fingerprint density at radius 1 is 0.531 bits per heavy atom. The van der Waals surface area contributed by atoms with E-state index in [-0.39, 0.29) is 130 Å². The van der Waals surface area contributed by atoms with Gasteiger partial charge in [0.2, 0.25) is 11.8 Å². The average Bonchev–Trinajstić information content (AvgIpc) is 3.22. The molecule has 0 bridgehead atoms. The first-order valence-electron chi connectivity index (χ1n) is 20.6. The molecular formula is C42H66Cl4N6O12-4. The molecule has 12 N–H and O–H groups in total. The number of nitrogens with two attached hydrogens (primary N) is 4. The van der Waals surface area contributed by atoms with Crippen molar-refractivity contribution < 1.29 is 108 Å². The Labute approximate surface area is 401 Å². The number of ether oxygens (including phenoxy) is 4. The highest BCUT2D eigenvalue weighted by Gasteiger charge is 2.25. The third kappa shape index (κ3) is 29.3. The van der Waals surface area contributed by atoms with E-state index in [2.05, 4.69) is 10.6 Å². The van der Waals surface area contributed by atoms with E-state index in [4.69, 9.17) is 41.9 Å². The Morgan fingerprint density at radius 2 is 0.922 bits per heavy atom. The Bertz CT molecular complexity index is 1650. The third-order valence-corrected chi connectivity index (χ3v) is 8.49. The van der Waals surface area contributed by atoms with Crippen LogP contribution in [0.3, 0.4) is 0 Å². The number of nitrogens with one attached hydrogen (secondary N) is 2. The number of phenolic OH excluding ortho intramolecular Hbond substituents is 2. The van der Waals surface area contributed by atoms with Crippen molar-refractivity contribution >= 4 is 35.7 Å². The summed E-state index contributed by atoms with van der Waals surface area (Å²) < 4.78 is 21.3. The number of hydrogen-bond donors (Lipinski definition) is 8. The summed E-state index contributed by atoms with van der Waals surface area (Å²) in [6, 6.07) is 7.08. The lowest BCUT2D eigenvalue weighted by molar-refractivity contribution is -0.148. The molecule has 0 saturated carbocycles. The van der Waals surface area contributed by atoms with E-state index in [0.717, 1.165) is 19.3 Å². The van der Waals surface area contributed by atoms with Gasteiger partial charge < -0.3 is 112 Å². The van der Waals surface area contributed by atoms with Crippen LogP contribution in [0.5, 0.6) is 23.0 Å². The van der Waals surface area contributed by atoms with Crippen molar-refractivity contribution in [2.24, 2.45) is 22.9 Å². The van der Waals surface area contributed by atoms with Crippen LogP contribution in [-0.4, -0.2) is 97.4 Å². The summed E-state index contributed by atoms with van der Waals surface area (Å²) in [7, 11) is 0. The summed E-state index contributed by atoms with van der Waals surface area (Å²) in [6.45, 7) is 5.90. The molecule has 0 fully saturated rings. The van der Waals surface area contributed by atoms with E-state index < -0.39 is 36.0 Å². The number of aromatic hydroxyl groups is 2. The summed E-state index contributed by atoms with van der Waals surface area (Å²) in [5, 5.41) is 24.3. The minimum atomic E-state index is -0.953. The largest absolute Gasteiger partial charge is 1.00 e. The van der Waals surface area contributed by atoms with Gasteiger partial charge in [0.25, 0.3) is 0 Å². The van der Waals surface area contributed by atoms with Crippen molar-refractivity contribution in [1.82, 2.24) is 10.6 Å². The molecule has 368 valence electrons. The maximum absolute atomic E-state index is 12.7. The predicted octanol–water partition coefficient (Wildman–Crippen LogP) is -9.69. The smallest absolute Gasteiger partial charge is 0.328 e. The van der Waals surface area contributed by atoms with E-state index in [1.807, 2.05) is 13.8 Å². The van der Waals surface area contributed by atoms with Crippen molar-refractivity contribution in [2.75, 3.05) is 39.4 Å². The minimum absolute atomic E-state index is 0. The van der Waals surface area contributed by atoms with Crippen LogP contribution in [-0.2, 0) is 51.1 Å². The highest BCUT2D eigenvalue weighted by molar-refractivity contribution is 5.85. The molecule has 2 aromatic rings. The molecule has 2 unspecified atom stereocenters. The average molecular weight is 989 g/mol. The Balaban J connectivity index is -0.000000566. The highest BCUT2D eigenvalue weighted by atomic mass is 35.5. The van der Waals surface area contributed by atoms with Gasteiger partial charge in [-0.15, -0.1) is 0 Å². The topological polar surface area (TPSA) is 308 Å². The monoisotopic (exact) mass is 986 g/mol. The van der Waals surface area contributed by atoms with Crippen LogP contribution in [0.2, 0.25) is 0 Å². The van der Waals surface area contributed by atoms with Crippen LogP contribution < -0.4 is 92.7 Å². The summed E-state index contributed by atoms with van der Waals surface area (Å²) in [5.41, 5.74) is 22.9. The van der Waals surface area contributed by atoms with Crippen LogP contribution in [0, 0.1) is 0 Å². The fraction of sp³-hybridized carbons (Fsp3) is 0.571. The number of benzene rings is 2. The summed E-state index contributed by atoms with van der Waals surface area (Å²) in [4.78, 5) is 73.4. The van der Waals surface area contributed by atoms with Gasteiger partial charge in [0, 0.05) is 38.5 Å². The van der Waals surface area contributed by atoms with E-state index in [0.29, 0.717) is 76.0 Å². The van der Waals surface area contributed by atoms with Crippen LogP contribution >= 0.6 is 0 Å². The number of phenols is 2. The number of halogens is 4. The molecule has 18 nitrogen and oxygen atoms in total. The van der Waals surface area contributed by atoms with Gasteiger partial charge in [0.15, 0.2) is 23.0 Å². The lowest BCUT2D eigenvalue weighted by Gasteiger charge is -2.19. The molecule has 0 aliphatic heterocycles. The Kier molecular flexibility index (Phi) is 41.9. The number of hydrogen-bond acceptors (Lipinski definition) is 16. The van der Waals surface area contributed by atoms with E-state index in [1.54, 1.807) is 12.1 Å². The van der Waals surface area contributed by atoms with Crippen molar-refractivity contribution in [3.8, 4) is 23.0 Å². The van der Waals surface area contributed by atoms with E-state index in [1.165, 1.54) is 24.3 Å². The number of rotatable bonds is 28. The van der Waals surface area contributed by atoms with Crippen LogP contribution in [0.1, 0.15) is 102 Å². The van der Waals surface area contributed by atoms with Crippen LogP contribution in [0.25, 0.3) is 0 Å². The van der Waals surface area contributed by atoms with Crippen molar-refractivity contribution in [2.45, 2.75) is 116 Å². The summed E-state index contributed by atoms with van der Waals surface area (Å²) in [6.07, 6.45) is 5.95. The molecule has 0 saturated heterocycles. The maximum atomic E-state index is 12.7. The maximum Gasteiger partial charge on any atom is 0.328 e. The standard InChI is InChI=1S/C25H40N4O7.C17H26N2O5.4ClH/c1-2-3-15-34-25(33)19(29-22(30)7-4-12-26)16-18-10-11-20(35-23(31)8-5-13-27)21(17-18)36-24(32)9-6-14-28;1-2-3-9-24-17(23)13(19-16(22)5-4-8-18)10-12-6-7-14(20)15(21)11-12;;;;/h10-11,17,19H,2-9,12-16,26-28H2,1H3,(H,29,30);6-7,11,13,20-21H,2-5,8-10,18H2,1H3,(H,19,22);4*1H/p-4. The molecular weight excluding hydrogens is 922 g/mol. The molecule has 0 aliphatic rings. The van der Waals surface area contributed by atoms with Gasteiger partial charge in [0.05, 0.1) is 13.2 Å². The highest BCUT2D eigenvalue weighted by Crippen LogP contribution is 2.30. The third-order valence-electron chi connectivity index (χ3n) is 8.49. The molecule has 22 heteroatoms. The first-order chi connectivity index (χ1) is 28.8. The number of carbonyl (C=O) groups excluding carboxylic acids is 6. The second kappa shape index (κ2) is 40.4. The van der Waals surface area contributed by atoms with Crippen molar-refractivity contribution in [3.05, 3.63) is 47.5 Å². The first-order valence-corrected chi connectivity index (χ1v) is 20.6. The summed E-state index contributed by atoms with van der Waals surface area (Å²) >= 11 is 0. The predicted molar refractivity (Wildman–Crippen MR) is 224 cm³/mol. The molecule has 0 aliphatic carbocycles. The zero-order valence-electron chi connectivity index (χ0n) is 36.6. The number of esters is 4. The molecule has 0 aromatic heterocycles. The molecule has 2 atom stereocenters.